The van der Waals surface area contributed by atoms with Crippen molar-refractivity contribution in [2.75, 3.05) is 6.61 Å². The van der Waals surface area contributed by atoms with E-state index in [1.807, 2.05) is 6.92 Å². The number of carbonyl (C=O) groups is 1. The van der Waals surface area contributed by atoms with Gasteiger partial charge in [0.25, 0.3) is 0 Å². The summed E-state index contributed by atoms with van der Waals surface area (Å²) in [6.07, 6.45) is 4.32. The van der Waals surface area contributed by atoms with Gasteiger partial charge >= 0.3 is 5.97 Å². The summed E-state index contributed by atoms with van der Waals surface area (Å²) in [7, 11) is 0. The van der Waals surface area contributed by atoms with E-state index < -0.39 is 11.0 Å². The molecule has 0 spiro atoms. The van der Waals surface area contributed by atoms with Crippen LogP contribution in [0.5, 0.6) is 0 Å². The molecule has 0 aromatic heterocycles. The van der Waals surface area contributed by atoms with Crippen LogP contribution in [-0.4, -0.2) is 23.3 Å². The second kappa shape index (κ2) is 8.00. The summed E-state index contributed by atoms with van der Waals surface area (Å²) in [5.41, 5.74) is -0.934. The Hall–Kier alpha value is -0.570. The summed E-state index contributed by atoms with van der Waals surface area (Å²) in [5.74, 6) is 1.69. The molecule has 1 fully saturated rings. The number of hydrogen-bond donors (Lipinski definition) is 1. The van der Waals surface area contributed by atoms with Crippen LogP contribution in [0.1, 0.15) is 80.6 Å². The first-order valence-corrected chi connectivity index (χ1v) is 9.39. The standard InChI is InChI=1S/C20H38O3/c1-14(2)11-19(7,15(3)4)18(22)23-20(8-9-21)12-16(5)10-17(6)13-20/h14-17,21H,8-13H2,1-7H3/t16-,17?,19?,20?/m0/s1. The minimum atomic E-state index is -0.476. The molecule has 4 atom stereocenters. The van der Waals surface area contributed by atoms with Crippen LogP contribution in [0.15, 0.2) is 0 Å². The van der Waals surface area contributed by atoms with Gasteiger partial charge in [-0.3, -0.25) is 4.79 Å². The largest absolute Gasteiger partial charge is 0.459 e. The monoisotopic (exact) mass is 326 g/mol. The molecule has 1 N–H and O–H groups in total. The minimum absolute atomic E-state index is 0.0732. The normalized spacial score (nSPS) is 31.2. The molecule has 3 heteroatoms. The van der Waals surface area contributed by atoms with E-state index in [9.17, 15) is 9.90 Å². The van der Waals surface area contributed by atoms with Crippen molar-refractivity contribution in [1.29, 1.82) is 0 Å². The molecule has 3 unspecified atom stereocenters. The van der Waals surface area contributed by atoms with Crippen molar-refractivity contribution in [2.45, 2.75) is 86.2 Å². The third kappa shape index (κ3) is 5.20. The van der Waals surface area contributed by atoms with Crippen LogP contribution >= 0.6 is 0 Å². The fourth-order valence-electron chi connectivity index (χ4n) is 4.47. The van der Waals surface area contributed by atoms with Gasteiger partial charge in [-0.2, -0.15) is 0 Å². The minimum Gasteiger partial charge on any atom is -0.459 e. The first-order chi connectivity index (χ1) is 10.5. The van der Waals surface area contributed by atoms with Gasteiger partial charge in [-0.1, -0.05) is 41.5 Å². The Bertz CT molecular complexity index is 378. The lowest BCUT2D eigenvalue weighted by Gasteiger charge is -2.45. The topological polar surface area (TPSA) is 46.5 Å². The van der Waals surface area contributed by atoms with E-state index in [4.69, 9.17) is 4.74 Å². The third-order valence-electron chi connectivity index (χ3n) is 5.70. The summed E-state index contributed by atoms with van der Waals surface area (Å²) in [6.45, 7) is 15.1. The Morgan fingerprint density at radius 2 is 1.74 bits per heavy atom. The number of aliphatic hydroxyl groups excluding tert-OH is 1. The Morgan fingerprint density at radius 1 is 1.22 bits per heavy atom. The lowest BCUT2D eigenvalue weighted by molar-refractivity contribution is -0.184. The SMILES string of the molecule is CC(C)CC(C)(C(=O)OC1(CCO)CC(C)C[C@H](C)C1)C(C)C. The summed E-state index contributed by atoms with van der Waals surface area (Å²) in [5, 5.41) is 9.54. The molecule has 23 heavy (non-hydrogen) atoms. The molecule has 0 amide bonds. The molecule has 0 heterocycles. The Morgan fingerprint density at radius 3 is 2.13 bits per heavy atom. The van der Waals surface area contributed by atoms with Crippen LogP contribution in [-0.2, 0) is 9.53 Å². The Kier molecular flexibility index (Phi) is 7.12. The summed E-state index contributed by atoms with van der Waals surface area (Å²) < 4.78 is 6.19. The Balaban J connectivity index is 3.00. The summed E-state index contributed by atoms with van der Waals surface area (Å²) in [6, 6.07) is 0. The first-order valence-electron chi connectivity index (χ1n) is 9.39. The highest BCUT2D eigenvalue weighted by Gasteiger charge is 2.46. The second-order valence-electron chi connectivity index (χ2n) is 9.07. The molecule has 1 rings (SSSR count). The number of carbonyl (C=O) groups excluding carboxylic acids is 1. The van der Waals surface area contributed by atoms with Crippen molar-refractivity contribution in [2.24, 2.45) is 29.1 Å². The molecular formula is C20H38O3. The number of rotatable bonds is 7. The average molecular weight is 327 g/mol. The molecule has 1 saturated carbocycles. The molecule has 3 nitrogen and oxygen atoms in total. The zero-order valence-electron chi connectivity index (χ0n) is 16.3. The van der Waals surface area contributed by atoms with Crippen LogP contribution in [0, 0.1) is 29.1 Å². The van der Waals surface area contributed by atoms with E-state index in [0.717, 1.165) is 19.3 Å². The third-order valence-corrected chi connectivity index (χ3v) is 5.70. The van der Waals surface area contributed by atoms with Crippen molar-refractivity contribution in [3.8, 4) is 0 Å². The highest BCUT2D eigenvalue weighted by Crippen LogP contribution is 2.44. The maximum absolute atomic E-state index is 13.1. The van der Waals surface area contributed by atoms with Gasteiger partial charge in [-0.25, -0.2) is 0 Å². The lowest BCUT2D eigenvalue weighted by atomic mass is 9.70. The van der Waals surface area contributed by atoms with Crippen molar-refractivity contribution >= 4 is 5.97 Å². The molecule has 0 radical (unpaired) electrons. The number of hydrogen-bond acceptors (Lipinski definition) is 3. The van der Waals surface area contributed by atoms with Gasteiger partial charge in [0.1, 0.15) is 5.60 Å². The number of ether oxygens (including phenoxy) is 1. The van der Waals surface area contributed by atoms with Crippen molar-refractivity contribution in [3.05, 3.63) is 0 Å². The van der Waals surface area contributed by atoms with E-state index in [0.29, 0.717) is 24.2 Å². The van der Waals surface area contributed by atoms with Crippen molar-refractivity contribution in [3.63, 3.8) is 0 Å². The fraction of sp³-hybridized carbons (Fsp3) is 0.950. The van der Waals surface area contributed by atoms with Crippen LogP contribution < -0.4 is 0 Å². The average Bonchev–Trinajstić information content (AvgIpc) is 2.35. The Labute approximate surface area is 143 Å². The van der Waals surface area contributed by atoms with Gasteiger partial charge in [-0.05, 0) is 56.3 Å². The second-order valence-corrected chi connectivity index (χ2v) is 9.07. The molecule has 0 aromatic rings. The molecule has 0 bridgehead atoms. The molecule has 1 aliphatic rings. The highest BCUT2D eigenvalue weighted by molar-refractivity contribution is 5.77. The zero-order chi connectivity index (χ0) is 17.8. The van der Waals surface area contributed by atoms with Gasteiger partial charge in [0, 0.05) is 13.0 Å². The van der Waals surface area contributed by atoms with Crippen LogP contribution in [0.3, 0.4) is 0 Å². The quantitative estimate of drug-likeness (QED) is 0.683. The predicted molar refractivity (Wildman–Crippen MR) is 95.1 cm³/mol. The summed E-state index contributed by atoms with van der Waals surface area (Å²) in [4.78, 5) is 13.1. The first kappa shape index (κ1) is 20.5. The van der Waals surface area contributed by atoms with Gasteiger partial charge in [0.15, 0.2) is 0 Å². The maximum Gasteiger partial charge on any atom is 0.312 e. The molecule has 0 aliphatic heterocycles. The number of aliphatic hydroxyl groups is 1. The van der Waals surface area contributed by atoms with Gasteiger partial charge in [0.05, 0.1) is 5.41 Å². The van der Waals surface area contributed by atoms with Gasteiger partial charge in [0.2, 0.25) is 0 Å². The smallest absolute Gasteiger partial charge is 0.312 e. The predicted octanol–water partition coefficient (Wildman–Crippen LogP) is 4.82. The van der Waals surface area contributed by atoms with Gasteiger partial charge < -0.3 is 9.84 Å². The van der Waals surface area contributed by atoms with Crippen LogP contribution in [0.4, 0.5) is 0 Å². The number of esters is 1. The molecular weight excluding hydrogens is 288 g/mol. The van der Waals surface area contributed by atoms with E-state index in [1.165, 1.54) is 6.42 Å². The highest BCUT2D eigenvalue weighted by atomic mass is 16.6. The van der Waals surface area contributed by atoms with Crippen LogP contribution in [0.25, 0.3) is 0 Å². The zero-order valence-corrected chi connectivity index (χ0v) is 16.3. The molecule has 136 valence electrons. The molecule has 0 aromatic carbocycles. The fourth-order valence-corrected chi connectivity index (χ4v) is 4.47. The molecule has 0 saturated heterocycles. The maximum atomic E-state index is 13.1. The van der Waals surface area contributed by atoms with Crippen molar-refractivity contribution in [1.82, 2.24) is 0 Å². The van der Waals surface area contributed by atoms with E-state index in [2.05, 4.69) is 41.5 Å². The van der Waals surface area contributed by atoms with Gasteiger partial charge in [-0.15, -0.1) is 0 Å². The van der Waals surface area contributed by atoms with E-state index in [-0.39, 0.29) is 18.5 Å². The lowest BCUT2D eigenvalue weighted by Crippen LogP contribution is -2.47. The molecule has 1 aliphatic carbocycles. The van der Waals surface area contributed by atoms with E-state index >= 15 is 0 Å². The van der Waals surface area contributed by atoms with E-state index in [1.54, 1.807) is 0 Å². The van der Waals surface area contributed by atoms with Crippen molar-refractivity contribution < 1.29 is 14.6 Å². The summed E-state index contributed by atoms with van der Waals surface area (Å²) >= 11 is 0. The van der Waals surface area contributed by atoms with Crippen LogP contribution in [0.2, 0.25) is 0 Å².